The SMILES string of the molecule is COc1ccc(C2CCc3cc(Br)ccc3N2C(=O)OCc2ccccc2)cc1. The van der Waals surface area contributed by atoms with E-state index >= 15 is 0 Å². The number of amides is 1. The van der Waals surface area contributed by atoms with Crippen LogP contribution in [0.3, 0.4) is 0 Å². The lowest BCUT2D eigenvalue weighted by molar-refractivity contribution is 0.143. The molecule has 1 unspecified atom stereocenters. The summed E-state index contributed by atoms with van der Waals surface area (Å²) in [6.45, 7) is 0.247. The van der Waals surface area contributed by atoms with E-state index in [0.717, 1.165) is 45.4 Å². The maximum absolute atomic E-state index is 13.2. The summed E-state index contributed by atoms with van der Waals surface area (Å²) >= 11 is 3.54. The van der Waals surface area contributed by atoms with E-state index in [9.17, 15) is 4.79 Å². The Morgan fingerprint density at radius 1 is 1.07 bits per heavy atom. The lowest BCUT2D eigenvalue weighted by atomic mass is 9.91. The molecule has 1 aliphatic rings. The van der Waals surface area contributed by atoms with Crippen LogP contribution in [0.25, 0.3) is 0 Å². The van der Waals surface area contributed by atoms with Crippen molar-refractivity contribution in [3.63, 3.8) is 0 Å². The van der Waals surface area contributed by atoms with Gasteiger partial charge in [0.2, 0.25) is 0 Å². The quantitative estimate of drug-likeness (QED) is 0.467. The van der Waals surface area contributed by atoms with E-state index in [1.807, 2.05) is 66.7 Å². The van der Waals surface area contributed by atoms with Crippen molar-refractivity contribution < 1.29 is 14.3 Å². The fourth-order valence-corrected chi connectivity index (χ4v) is 4.14. The highest BCUT2D eigenvalue weighted by Crippen LogP contribution is 2.40. The van der Waals surface area contributed by atoms with Gasteiger partial charge < -0.3 is 9.47 Å². The van der Waals surface area contributed by atoms with Crippen molar-refractivity contribution >= 4 is 27.7 Å². The summed E-state index contributed by atoms with van der Waals surface area (Å²) in [4.78, 5) is 15.0. The van der Waals surface area contributed by atoms with Gasteiger partial charge in [-0.3, -0.25) is 4.90 Å². The van der Waals surface area contributed by atoms with E-state index in [1.54, 1.807) is 12.0 Å². The Morgan fingerprint density at radius 2 is 1.83 bits per heavy atom. The van der Waals surface area contributed by atoms with Crippen molar-refractivity contribution in [3.05, 3.63) is 94.0 Å². The van der Waals surface area contributed by atoms with Gasteiger partial charge in [0.25, 0.3) is 0 Å². The van der Waals surface area contributed by atoms with Gasteiger partial charge in [-0.05, 0) is 59.9 Å². The highest BCUT2D eigenvalue weighted by Gasteiger charge is 2.33. The molecule has 5 heteroatoms. The van der Waals surface area contributed by atoms with Crippen LogP contribution in [0.5, 0.6) is 5.75 Å². The largest absolute Gasteiger partial charge is 0.497 e. The van der Waals surface area contributed by atoms with E-state index in [2.05, 4.69) is 22.0 Å². The summed E-state index contributed by atoms with van der Waals surface area (Å²) in [5.41, 5.74) is 4.07. The lowest BCUT2D eigenvalue weighted by Crippen LogP contribution is -2.38. The zero-order chi connectivity index (χ0) is 20.2. The number of hydrogen-bond acceptors (Lipinski definition) is 3. The number of anilines is 1. The summed E-state index contributed by atoms with van der Waals surface area (Å²) in [5, 5.41) is 0. The standard InChI is InChI=1S/C24H22BrNO3/c1-28-21-11-7-18(8-12-21)22-13-9-19-15-20(25)10-14-23(19)26(22)24(27)29-16-17-5-3-2-4-6-17/h2-8,10-12,14-15,22H,9,13,16H2,1H3. The molecule has 3 aromatic rings. The zero-order valence-corrected chi connectivity index (χ0v) is 17.8. The number of nitrogens with zero attached hydrogens (tertiary/aromatic N) is 1. The molecule has 4 nitrogen and oxygen atoms in total. The molecule has 1 atom stereocenters. The van der Waals surface area contributed by atoms with Gasteiger partial charge in [0.1, 0.15) is 12.4 Å². The van der Waals surface area contributed by atoms with Crippen LogP contribution >= 0.6 is 15.9 Å². The van der Waals surface area contributed by atoms with Crippen LogP contribution in [0.15, 0.2) is 77.3 Å². The topological polar surface area (TPSA) is 38.8 Å². The highest BCUT2D eigenvalue weighted by molar-refractivity contribution is 9.10. The van der Waals surface area contributed by atoms with Gasteiger partial charge in [-0.15, -0.1) is 0 Å². The normalized spacial score (nSPS) is 15.5. The maximum atomic E-state index is 13.2. The van der Waals surface area contributed by atoms with Gasteiger partial charge in [-0.2, -0.15) is 0 Å². The first-order valence-corrected chi connectivity index (χ1v) is 10.4. The number of carbonyl (C=O) groups excluding carboxylic acids is 1. The molecule has 148 valence electrons. The van der Waals surface area contributed by atoms with Crippen LogP contribution in [-0.4, -0.2) is 13.2 Å². The molecule has 0 radical (unpaired) electrons. The van der Waals surface area contributed by atoms with Gasteiger partial charge in [0.15, 0.2) is 0 Å². The molecular weight excluding hydrogens is 430 g/mol. The number of benzene rings is 3. The predicted octanol–water partition coefficient (Wildman–Crippen LogP) is 6.29. The summed E-state index contributed by atoms with van der Waals surface area (Å²) in [6, 6.07) is 23.6. The minimum absolute atomic E-state index is 0.0853. The average molecular weight is 452 g/mol. The second kappa shape index (κ2) is 8.70. The number of rotatable bonds is 4. The van der Waals surface area contributed by atoms with E-state index in [-0.39, 0.29) is 18.7 Å². The maximum Gasteiger partial charge on any atom is 0.415 e. The van der Waals surface area contributed by atoms with Crippen LogP contribution < -0.4 is 9.64 Å². The van der Waals surface area contributed by atoms with Gasteiger partial charge >= 0.3 is 6.09 Å². The van der Waals surface area contributed by atoms with Crippen molar-refractivity contribution in [2.24, 2.45) is 0 Å². The first-order valence-electron chi connectivity index (χ1n) is 9.58. The van der Waals surface area contributed by atoms with Crippen molar-refractivity contribution in [2.45, 2.75) is 25.5 Å². The van der Waals surface area contributed by atoms with Gasteiger partial charge in [0.05, 0.1) is 18.8 Å². The van der Waals surface area contributed by atoms with E-state index in [0.29, 0.717) is 0 Å². The van der Waals surface area contributed by atoms with Gasteiger partial charge in [0, 0.05) is 4.47 Å². The lowest BCUT2D eigenvalue weighted by Gasteiger charge is -2.37. The Bertz CT molecular complexity index is 989. The van der Waals surface area contributed by atoms with Crippen molar-refractivity contribution in [3.8, 4) is 5.75 Å². The molecule has 3 aromatic carbocycles. The molecule has 29 heavy (non-hydrogen) atoms. The Hall–Kier alpha value is -2.79. The molecule has 0 N–H and O–H groups in total. The number of hydrogen-bond donors (Lipinski definition) is 0. The molecule has 0 aromatic heterocycles. The molecule has 0 bridgehead atoms. The third-order valence-corrected chi connectivity index (χ3v) is 5.70. The van der Waals surface area contributed by atoms with E-state index in [1.165, 1.54) is 0 Å². The molecule has 0 aliphatic carbocycles. The Labute approximate surface area is 179 Å². The number of aryl methyl sites for hydroxylation is 1. The van der Waals surface area contributed by atoms with Crippen molar-refractivity contribution in [1.29, 1.82) is 0 Å². The van der Waals surface area contributed by atoms with E-state index in [4.69, 9.17) is 9.47 Å². The first-order chi connectivity index (χ1) is 14.2. The highest BCUT2D eigenvalue weighted by atomic mass is 79.9. The fraction of sp³-hybridized carbons (Fsp3) is 0.208. The summed E-state index contributed by atoms with van der Waals surface area (Å²) in [7, 11) is 1.65. The average Bonchev–Trinajstić information content (AvgIpc) is 2.77. The number of carbonyl (C=O) groups is 1. The molecular formula is C24H22BrNO3. The molecule has 4 rings (SSSR count). The summed E-state index contributed by atoms with van der Waals surface area (Å²) < 4.78 is 12.0. The van der Waals surface area contributed by atoms with Crippen molar-refractivity contribution in [1.82, 2.24) is 0 Å². The number of methoxy groups -OCH3 is 1. The smallest absolute Gasteiger partial charge is 0.415 e. The van der Waals surface area contributed by atoms with Crippen LogP contribution in [0.4, 0.5) is 10.5 Å². The molecule has 0 spiro atoms. The van der Waals surface area contributed by atoms with Crippen LogP contribution in [0.2, 0.25) is 0 Å². The number of ether oxygens (including phenoxy) is 2. The van der Waals surface area contributed by atoms with Gasteiger partial charge in [-0.25, -0.2) is 4.79 Å². The first kappa shape index (κ1) is 19.5. The molecule has 1 aliphatic heterocycles. The Balaban J connectivity index is 1.64. The summed E-state index contributed by atoms with van der Waals surface area (Å²) in [6.07, 6.45) is 1.39. The second-order valence-electron chi connectivity index (χ2n) is 7.01. The zero-order valence-electron chi connectivity index (χ0n) is 16.2. The minimum Gasteiger partial charge on any atom is -0.497 e. The molecule has 0 saturated carbocycles. The number of halogens is 1. The molecule has 1 amide bonds. The predicted molar refractivity (Wildman–Crippen MR) is 117 cm³/mol. The second-order valence-corrected chi connectivity index (χ2v) is 7.93. The monoisotopic (exact) mass is 451 g/mol. The third kappa shape index (κ3) is 4.30. The Kier molecular flexibility index (Phi) is 5.86. The van der Waals surface area contributed by atoms with E-state index < -0.39 is 0 Å². The summed E-state index contributed by atoms with van der Waals surface area (Å²) in [5.74, 6) is 0.798. The van der Waals surface area contributed by atoms with Crippen molar-refractivity contribution in [2.75, 3.05) is 12.0 Å². The molecule has 0 fully saturated rings. The molecule has 1 heterocycles. The van der Waals surface area contributed by atoms with Crippen LogP contribution in [-0.2, 0) is 17.8 Å². The van der Waals surface area contributed by atoms with Crippen LogP contribution in [0, 0.1) is 0 Å². The van der Waals surface area contributed by atoms with Crippen LogP contribution in [0.1, 0.15) is 29.2 Å². The minimum atomic E-state index is -0.335. The molecule has 0 saturated heterocycles. The number of fused-ring (bicyclic) bond motifs is 1. The fourth-order valence-electron chi connectivity index (χ4n) is 3.73. The third-order valence-electron chi connectivity index (χ3n) is 5.20. The Morgan fingerprint density at radius 3 is 2.55 bits per heavy atom. The van der Waals surface area contributed by atoms with Gasteiger partial charge in [-0.1, -0.05) is 58.4 Å².